The second kappa shape index (κ2) is 5.75. The van der Waals surface area contributed by atoms with E-state index in [2.05, 4.69) is 16.6 Å². The second-order valence-corrected chi connectivity index (χ2v) is 5.29. The third-order valence-electron chi connectivity index (χ3n) is 3.72. The molecule has 21 heavy (non-hydrogen) atoms. The molecule has 1 aromatic heterocycles. The van der Waals surface area contributed by atoms with Crippen molar-refractivity contribution in [3.8, 4) is 11.5 Å². The summed E-state index contributed by atoms with van der Waals surface area (Å²) in [5.74, 6) is 7.25. The molecular weight excluding hydrogens is 268 g/mol. The summed E-state index contributed by atoms with van der Waals surface area (Å²) in [6, 6.07) is 9.68. The van der Waals surface area contributed by atoms with Crippen LogP contribution in [0.3, 0.4) is 0 Å². The molecule has 0 radical (unpaired) electrons. The lowest BCUT2D eigenvalue weighted by molar-refractivity contribution is 0.0615. The van der Waals surface area contributed by atoms with Gasteiger partial charge in [0.25, 0.3) is 0 Å². The molecular formula is C15H20N4O2. The Balaban J connectivity index is 1.74. The lowest BCUT2D eigenvalue weighted by atomic mass is 10.1. The summed E-state index contributed by atoms with van der Waals surface area (Å²) < 4.78 is 13.6. The molecule has 0 aliphatic carbocycles. The molecule has 2 heterocycles. The number of nitrogens with zero attached hydrogens (tertiary/aromatic N) is 2. The van der Waals surface area contributed by atoms with Crippen LogP contribution in [0.5, 0.6) is 11.5 Å². The van der Waals surface area contributed by atoms with Crippen molar-refractivity contribution in [1.29, 1.82) is 0 Å². The van der Waals surface area contributed by atoms with E-state index in [-0.39, 0.29) is 12.1 Å². The van der Waals surface area contributed by atoms with Crippen molar-refractivity contribution in [2.24, 2.45) is 12.9 Å². The number of aryl methyl sites for hydroxylation is 2. The van der Waals surface area contributed by atoms with Gasteiger partial charge in [-0.3, -0.25) is 16.0 Å². The number of nitrogens with one attached hydrogen (secondary N) is 1. The van der Waals surface area contributed by atoms with Crippen molar-refractivity contribution >= 4 is 0 Å². The molecule has 1 aliphatic rings. The molecule has 2 unspecified atom stereocenters. The summed E-state index contributed by atoms with van der Waals surface area (Å²) in [5.41, 5.74) is 4.95. The summed E-state index contributed by atoms with van der Waals surface area (Å²) in [7, 11) is 1.93. The van der Waals surface area contributed by atoms with Crippen molar-refractivity contribution in [3.63, 3.8) is 0 Å². The molecule has 0 amide bonds. The predicted molar refractivity (Wildman–Crippen MR) is 79.1 cm³/mol. The Kier molecular flexibility index (Phi) is 3.81. The van der Waals surface area contributed by atoms with Crippen molar-refractivity contribution in [1.82, 2.24) is 15.2 Å². The van der Waals surface area contributed by atoms with Crippen LogP contribution in [0.15, 0.2) is 30.3 Å². The van der Waals surface area contributed by atoms with Crippen LogP contribution in [0.4, 0.5) is 0 Å². The monoisotopic (exact) mass is 288 g/mol. The van der Waals surface area contributed by atoms with Gasteiger partial charge in [-0.05, 0) is 25.1 Å². The van der Waals surface area contributed by atoms with Crippen molar-refractivity contribution in [3.05, 3.63) is 41.7 Å². The third-order valence-corrected chi connectivity index (χ3v) is 3.72. The van der Waals surface area contributed by atoms with Crippen LogP contribution in [-0.4, -0.2) is 28.5 Å². The minimum Gasteiger partial charge on any atom is -0.486 e. The zero-order valence-electron chi connectivity index (χ0n) is 12.2. The van der Waals surface area contributed by atoms with Gasteiger partial charge >= 0.3 is 0 Å². The fourth-order valence-corrected chi connectivity index (χ4v) is 2.61. The lowest BCUT2D eigenvalue weighted by Gasteiger charge is -2.31. The van der Waals surface area contributed by atoms with Gasteiger partial charge in [0, 0.05) is 19.2 Å². The van der Waals surface area contributed by atoms with Crippen LogP contribution < -0.4 is 20.7 Å². The van der Waals surface area contributed by atoms with Gasteiger partial charge in [-0.15, -0.1) is 0 Å². The van der Waals surface area contributed by atoms with Crippen LogP contribution in [0.1, 0.15) is 11.4 Å². The zero-order chi connectivity index (χ0) is 14.8. The molecule has 2 aromatic rings. The number of para-hydroxylation sites is 2. The number of fused-ring (bicyclic) bond motifs is 1. The van der Waals surface area contributed by atoms with Gasteiger partial charge in [0.05, 0.1) is 11.7 Å². The summed E-state index contributed by atoms with van der Waals surface area (Å²) in [6.45, 7) is 2.45. The maximum absolute atomic E-state index is 6.01. The van der Waals surface area contributed by atoms with Crippen molar-refractivity contribution < 1.29 is 9.47 Å². The Labute approximate surface area is 123 Å². The third kappa shape index (κ3) is 2.86. The largest absolute Gasteiger partial charge is 0.486 e. The van der Waals surface area contributed by atoms with E-state index >= 15 is 0 Å². The van der Waals surface area contributed by atoms with Crippen molar-refractivity contribution in [2.45, 2.75) is 25.5 Å². The summed E-state index contributed by atoms with van der Waals surface area (Å²) in [4.78, 5) is 0. The predicted octanol–water partition coefficient (Wildman–Crippen LogP) is 0.943. The van der Waals surface area contributed by atoms with Crippen molar-refractivity contribution in [2.75, 3.05) is 6.61 Å². The standard InChI is InChI=1S/C15H20N4O2/c1-10-7-11(19(2)18-10)8-12(17-16)15-9-20-13-5-3-4-6-14(13)21-15/h3-7,12,15,17H,8-9,16H2,1-2H3. The zero-order valence-corrected chi connectivity index (χ0v) is 12.2. The quantitative estimate of drug-likeness (QED) is 0.647. The molecule has 2 atom stereocenters. The normalized spacial score (nSPS) is 18.5. The van der Waals surface area contributed by atoms with Crippen LogP contribution in [-0.2, 0) is 13.5 Å². The average Bonchev–Trinajstić information content (AvgIpc) is 2.82. The molecule has 0 spiro atoms. The number of hydrazine groups is 1. The first-order chi connectivity index (χ1) is 10.2. The van der Waals surface area contributed by atoms with E-state index in [0.717, 1.165) is 29.3 Å². The average molecular weight is 288 g/mol. The number of benzene rings is 1. The van der Waals surface area contributed by atoms with E-state index in [1.54, 1.807) is 0 Å². The maximum atomic E-state index is 6.01. The molecule has 3 N–H and O–H groups in total. The molecule has 0 fully saturated rings. The first-order valence-electron chi connectivity index (χ1n) is 7.01. The molecule has 1 aliphatic heterocycles. The van der Waals surface area contributed by atoms with Crippen LogP contribution in [0, 0.1) is 6.92 Å². The van der Waals surface area contributed by atoms with Gasteiger partial charge in [-0.25, -0.2) is 0 Å². The van der Waals surface area contributed by atoms with E-state index in [9.17, 15) is 0 Å². The van der Waals surface area contributed by atoms with E-state index in [0.29, 0.717) is 6.61 Å². The second-order valence-electron chi connectivity index (χ2n) is 5.29. The Bertz CT molecular complexity index is 626. The van der Waals surface area contributed by atoms with Crippen LogP contribution in [0.25, 0.3) is 0 Å². The molecule has 3 rings (SSSR count). The first kappa shape index (κ1) is 13.9. The fourth-order valence-electron chi connectivity index (χ4n) is 2.61. The number of rotatable bonds is 4. The molecule has 0 saturated heterocycles. The van der Waals surface area contributed by atoms with Gasteiger partial charge in [0.1, 0.15) is 12.7 Å². The minimum absolute atomic E-state index is 0.0480. The Morgan fingerprint density at radius 3 is 2.86 bits per heavy atom. The Morgan fingerprint density at radius 1 is 1.43 bits per heavy atom. The highest BCUT2D eigenvalue weighted by Crippen LogP contribution is 2.31. The summed E-state index contributed by atoms with van der Waals surface area (Å²) >= 11 is 0. The number of ether oxygens (including phenoxy) is 2. The Morgan fingerprint density at radius 2 is 2.19 bits per heavy atom. The lowest BCUT2D eigenvalue weighted by Crippen LogP contribution is -2.51. The van der Waals surface area contributed by atoms with Gasteiger partial charge in [0.2, 0.25) is 0 Å². The summed E-state index contributed by atoms with van der Waals surface area (Å²) in [5, 5.41) is 4.36. The van der Waals surface area contributed by atoms with E-state index in [1.165, 1.54) is 0 Å². The van der Waals surface area contributed by atoms with Gasteiger partial charge in [0.15, 0.2) is 11.5 Å². The topological polar surface area (TPSA) is 74.3 Å². The van der Waals surface area contributed by atoms with Gasteiger partial charge in [-0.1, -0.05) is 12.1 Å². The maximum Gasteiger partial charge on any atom is 0.161 e. The first-order valence-corrected chi connectivity index (χ1v) is 7.01. The summed E-state index contributed by atoms with van der Waals surface area (Å²) in [6.07, 6.45) is 0.587. The molecule has 1 aromatic carbocycles. The molecule has 6 nitrogen and oxygen atoms in total. The minimum atomic E-state index is -0.139. The Hall–Kier alpha value is -2.05. The molecule has 6 heteroatoms. The fraction of sp³-hybridized carbons (Fsp3) is 0.400. The smallest absolute Gasteiger partial charge is 0.161 e. The number of hydrogen-bond acceptors (Lipinski definition) is 5. The van der Waals surface area contributed by atoms with E-state index < -0.39 is 0 Å². The van der Waals surface area contributed by atoms with E-state index in [4.69, 9.17) is 15.3 Å². The number of hydrogen-bond donors (Lipinski definition) is 2. The molecule has 112 valence electrons. The number of aromatic nitrogens is 2. The highest BCUT2D eigenvalue weighted by molar-refractivity contribution is 5.40. The SMILES string of the molecule is Cc1cc(CC(NN)C2COc3ccccc3O2)n(C)n1. The van der Waals surface area contributed by atoms with E-state index in [1.807, 2.05) is 42.9 Å². The van der Waals surface area contributed by atoms with Gasteiger partial charge in [-0.2, -0.15) is 5.10 Å². The highest BCUT2D eigenvalue weighted by Gasteiger charge is 2.29. The van der Waals surface area contributed by atoms with Crippen LogP contribution >= 0.6 is 0 Å². The molecule has 0 saturated carbocycles. The van der Waals surface area contributed by atoms with Gasteiger partial charge < -0.3 is 9.47 Å². The highest BCUT2D eigenvalue weighted by atomic mass is 16.6. The number of nitrogens with two attached hydrogens (primary N) is 1. The molecule has 0 bridgehead atoms. The van der Waals surface area contributed by atoms with Crippen LogP contribution in [0.2, 0.25) is 0 Å².